The molecule has 2 heterocycles. The molecule has 0 saturated heterocycles. The monoisotopic (exact) mass is 372 g/mol. The number of aliphatic imine (C=N–C) groups is 1. The van der Waals surface area contributed by atoms with Gasteiger partial charge >= 0.3 is 0 Å². The highest BCUT2D eigenvalue weighted by Gasteiger charge is 2.02. The molecule has 0 amide bonds. The Hall–Kier alpha value is -0.920. The number of guanidine groups is 1. The Morgan fingerprint density at radius 1 is 1.35 bits per heavy atom. The van der Waals surface area contributed by atoms with Crippen molar-refractivity contribution in [3.05, 3.63) is 36.9 Å². The van der Waals surface area contributed by atoms with Gasteiger partial charge in [0.15, 0.2) is 5.96 Å². The van der Waals surface area contributed by atoms with Crippen molar-refractivity contribution in [1.82, 2.24) is 15.6 Å². The van der Waals surface area contributed by atoms with Crippen molar-refractivity contribution in [3.63, 3.8) is 0 Å². The Kier molecular flexibility index (Phi) is 6.00. The summed E-state index contributed by atoms with van der Waals surface area (Å²) in [7, 11) is 0. The van der Waals surface area contributed by atoms with E-state index in [-0.39, 0.29) is 0 Å². The molecule has 2 rings (SSSR count). The van der Waals surface area contributed by atoms with Gasteiger partial charge in [-0.25, -0.2) is 9.98 Å². The third-order valence-electron chi connectivity index (χ3n) is 2.44. The third-order valence-corrected chi connectivity index (χ3v) is 4.96. The molecule has 0 radical (unpaired) electrons. The van der Waals surface area contributed by atoms with Crippen LogP contribution in [-0.2, 0) is 13.1 Å². The molecular formula is C13H17BrN4S2. The summed E-state index contributed by atoms with van der Waals surface area (Å²) in [6, 6.07) is 4.14. The van der Waals surface area contributed by atoms with Crippen LogP contribution in [0.5, 0.6) is 0 Å². The first-order chi connectivity index (χ1) is 9.67. The first-order valence-electron chi connectivity index (χ1n) is 6.35. The average molecular weight is 373 g/mol. The van der Waals surface area contributed by atoms with E-state index in [0.29, 0.717) is 13.1 Å². The molecule has 4 nitrogen and oxygen atoms in total. The number of rotatable bonds is 5. The Morgan fingerprint density at radius 2 is 2.20 bits per heavy atom. The van der Waals surface area contributed by atoms with Crippen molar-refractivity contribution in [2.45, 2.75) is 26.9 Å². The highest BCUT2D eigenvalue weighted by atomic mass is 79.9. The fourth-order valence-electron chi connectivity index (χ4n) is 1.58. The lowest BCUT2D eigenvalue weighted by Gasteiger charge is -2.09. The second-order valence-electron chi connectivity index (χ2n) is 4.12. The van der Waals surface area contributed by atoms with E-state index < -0.39 is 0 Å². The standard InChI is InChI=1S/C13H17BrN4S2/c1-3-15-13(17-7-10-4-5-11(14)20-10)18-8-12-16-6-9(2)19-12/h4-6H,3,7-8H2,1-2H3,(H2,15,17,18). The van der Waals surface area contributed by atoms with Crippen LogP contribution in [0.2, 0.25) is 0 Å². The molecule has 0 saturated carbocycles. The number of aromatic nitrogens is 1. The van der Waals surface area contributed by atoms with Crippen molar-refractivity contribution in [2.75, 3.05) is 6.54 Å². The van der Waals surface area contributed by atoms with Gasteiger partial charge in [-0.05, 0) is 41.9 Å². The van der Waals surface area contributed by atoms with Gasteiger partial charge in [0.2, 0.25) is 0 Å². The molecule has 0 unspecified atom stereocenters. The summed E-state index contributed by atoms with van der Waals surface area (Å²) < 4.78 is 1.14. The maximum atomic E-state index is 4.58. The van der Waals surface area contributed by atoms with Crippen LogP contribution >= 0.6 is 38.6 Å². The molecule has 0 fully saturated rings. The second-order valence-corrected chi connectivity index (χ2v) is 7.99. The predicted molar refractivity (Wildman–Crippen MR) is 90.5 cm³/mol. The summed E-state index contributed by atoms with van der Waals surface area (Å²) in [6.45, 7) is 6.36. The lowest BCUT2D eigenvalue weighted by atomic mass is 10.5. The molecule has 2 N–H and O–H groups in total. The van der Waals surface area contributed by atoms with Crippen LogP contribution in [0.1, 0.15) is 21.7 Å². The van der Waals surface area contributed by atoms with E-state index in [1.54, 1.807) is 22.7 Å². The molecule has 0 aliphatic rings. The Bertz CT molecular complexity index is 576. The number of aryl methyl sites for hydroxylation is 1. The zero-order valence-corrected chi connectivity index (χ0v) is 14.7. The van der Waals surface area contributed by atoms with E-state index in [1.165, 1.54) is 9.75 Å². The minimum absolute atomic E-state index is 0.683. The highest BCUT2D eigenvalue weighted by molar-refractivity contribution is 9.11. The molecule has 0 aromatic carbocycles. The summed E-state index contributed by atoms with van der Waals surface area (Å²) in [5.41, 5.74) is 0. The van der Waals surface area contributed by atoms with Crippen LogP contribution in [0.25, 0.3) is 0 Å². The highest BCUT2D eigenvalue weighted by Crippen LogP contribution is 2.22. The van der Waals surface area contributed by atoms with Crippen molar-refractivity contribution in [3.8, 4) is 0 Å². The summed E-state index contributed by atoms with van der Waals surface area (Å²) in [5.74, 6) is 0.824. The van der Waals surface area contributed by atoms with Gasteiger partial charge in [0.05, 0.1) is 16.9 Å². The van der Waals surface area contributed by atoms with Crippen LogP contribution in [0.15, 0.2) is 27.1 Å². The van der Waals surface area contributed by atoms with E-state index >= 15 is 0 Å². The van der Waals surface area contributed by atoms with Crippen molar-refractivity contribution >= 4 is 44.6 Å². The molecule has 2 aromatic heterocycles. The van der Waals surface area contributed by atoms with Gasteiger partial charge in [0.25, 0.3) is 0 Å². The van der Waals surface area contributed by atoms with Crippen LogP contribution in [0, 0.1) is 6.92 Å². The van der Waals surface area contributed by atoms with E-state index in [0.717, 1.165) is 21.3 Å². The van der Waals surface area contributed by atoms with Gasteiger partial charge < -0.3 is 10.6 Å². The van der Waals surface area contributed by atoms with Crippen LogP contribution in [0.4, 0.5) is 0 Å². The molecule has 0 bridgehead atoms. The molecule has 20 heavy (non-hydrogen) atoms. The molecule has 0 aliphatic heterocycles. The van der Waals surface area contributed by atoms with Crippen LogP contribution in [-0.4, -0.2) is 17.5 Å². The first-order valence-corrected chi connectivity index (χ1v) is 8.77. The lowest BCUT2D eigenvalue weighted by molar-refractivity contribution is 0.813. The maximum absolute atomic E-state index is 4.58. The Morgan fingerprint density at radius 3 is 2.80 bits per heavy atom. The molecule has 0 aliphatic carbocycles. The summed E-state index contributed by atoms with van der Waals surface area (Å²) >= 11 is 6.88. The van der Waals surface area contributed by atoms with Crippen LogP contribution in [0.3, 0.4) is 0 Å². The van der Waals surface area contributed by atoms with Gasteiger partial charge in [0.1, 0.15) is 5.01 Å². The quantitative estimate of drug-likeness (QED) is 0.623. The minimum atomic E-state index is 0.683. The number of halogens is 1. The number of hydrogen-bond acceptors (Lipinski definition) is 4. The first kappa shape index (κ1) is 15.5. The predicted octanol–water partition coefficient (Wildman–Crippen LogP) is 3.53. The SMILES string of the molecule is CCNC(=NCc1ccc(Br)s1)NCc1ncc(C)s1. The second kappa shape index (κ2) is 7.75. The summed E-state index contributed by atoms with van der Waals surface area (Å²) in [5, 5.41) is 7.63. The molecule has 7 heteroatoms. The lowest BCUT2D eigenvalue weighted by Crippen LogP contribution is -2.36. The Labute approximate surface area is 135 Å². The van der Waals surface area contributed by atoms with E-state index in [9.17, 15) is 0 Å². The van der Waals surface area contributed by atoms with E-state index in [4.69, 9.17) is 0 Å². The minimum Gasteiger partial charge on any atom is -0.357 e. The fraction of sp³-hybridized carbons (Fsp3) is 0.385. The van der Waals surface area contributed by atoms with Gasteiger partial charge in [-0.3, -0.25) is 0 Å². The summed E-state index contributed by atoms with van der Waals surface area (Å²) in [6.07, 6.45) is 1.90. The Balaban J connectivity index is 1.91. The van der Waals surface area contributed by atoms with Gasteiger partial charge in [-0.2, -0.15) is 0 Å². The molecule has 108 valence electrons. The number of thiazole rings is 1. The third kappa shape index (κ3) is 4.88. The van der Waals surface area contributed by atoms with Gasteiger partial charge in [-0.15, -0.1) is 22.7 Å². The van der Waals surface area contributed by atoms with Crippen molar-refractivity contribution < 1.29 is 0 Å². The normalized spacial score (nSPS) is 11.7. The van der Waals surface area contributed by atoms with Crippen LogP contribution < -0.4 is 10.6 Å². The number of nitrogens with zero attached hydrogens (tertiary/aromatic N) is 2. The fourth-order valence-corrected chi connectivity index (χ4v) is 3.71. The number of thiophene rings is 1. The number of nitrogens with one attached hydrogen (secondary N) is 2. The van der Waals surface area contributed by atoms with E-state index in [1.807, 2.05) is 12.3 Å². The van der Waals surface area contributed by atoms with Gasteiger partial charge in [0, 0.05) is 22.5 Å². The smallest absolute Gasteiger partial charge is 0.191 e. The van der Waals surface area contributed by atoms with Crippen molar-refractivity contribution in [2.24, 2.45) is 4.99 Å². The van der Waals surface area contributed by atoms with E-state index in [2.05, 4.69) is 56.5 Å². The van der Waals surface area contributed by atoms with Crippen molar-refractivity contribution in [1.29, 1.82) is 0 Å². The molecule has 0 spiro atoms. The molecular weight excluding hydrogens is 356 g/mol. The maximum Gasteiger partial charge on any atom is 0.191 e. The summed E-state index contributed by atoms with van der Waals surface area (Å²) in [4.78, 5) is 11.4. The molecule has 2 aromatic rings. The largest absolute Gasteiger partial charge is 0.357 e. The zero-order valence-electron chi connectivity index (χ0n) is 11.4. The topological polar surface area (TPSA) is 49.3 Å². The number of hydrogen-bond donors (Lipinski definition) is 2. The molecule has 0 atom stereocenters. The average Bonchev–Trinajstić information content (AvgIpc) is 3.02. The zero-order chi connectivity index (χ0) is 14.4. The van der Waals surface area contributed by atoms with Gasteiger partial charge in [-0.1, -0.05) is 0 Å².